The van der Waals surface area contributed by atoms with Crippen LogP contribution in [0.2, 0.25) is 0 Å². The Morgan fingerprint density at radius 1 is 0.906 bits per heavy atom. The summed E-state index contributed by atoms with van der Waals surface area (Å²) in [5.41, 5.74) is 7.72. The fraction of sp³-hybridized carbons (Fsp3) is 0.680. The zero-order chi connectivity index (χ0) is 23.8. The number of nitrogens with two attached hydrogens (primary N) is 1. The van der Waals surface area contributed by atoms with E-state index < -0.39 is 0 Å². The molecule has 0 aliphatic carbocycles. The summed E-state index contributed by atoms with van der Waals surface area (Å²) in [6, 6.07) is 5.77. The molecule has 7 heteroatoms. The smallest absolute Gasteiger partial charge is 0.305 e. The fourth-order valence-corrected chi connectivity index (χ4v) is 3.23. The molecule has 0 aliphatic rings. The first kappa shape index (κ1) is 27.6. The van der Waals surface area contributed by atoms with Crippen LogP contribution in [-0.4, -0.2) is 44.3 Å². The summed E-state index contributed by atoms with van der Waals surface area (Å²) in [7, 11) is 0. The molecule has 182 valence electrons. The lowest BCUT2D eigenvalue weighted by Gasteiger charge is -2.26. The molecule has 0 saturated heterocycles. The number of carbonyl (C=O) groups is 2. The van der Waals surface area contributed by atoms with Crippen LogP contribution < -0.4 is 15.4 Å². The standard InChI is InChI=1S/C25H42N2O5/c1-5-17-30-24(28)11-9-15-27(16-10-12-25(29)31-18-6-2)20-13-14-22(26)23(19-20)32-21(7-3)8-4/h13-14,19,21H,5-12,15-18,26H2,1-4H3. The van der Waals surface area contributed by atoms with Gasteiger partial charge in [0.05, 0.1) is 25.0 Å². The molecule has 32 heavy (non-hydrogen) atoms. The Morgan fingerprint density at radius 2 is 1.44 bits per heavy atom. The van der Waals surface area contributed by atoms with Crippen LogP contribution in [0.1, 0.15) is 79.1 Å². The number of hydrogen-bond donors (Lipinski definition) is 1. The fourth-order valence-electron chi connectivity index (χ4n) is 3.23. The third-order valence-corrected chi connectivity index (χ3v) is 5.12. The highest BCUT2D eigenvalue weighted by atomic mass is 16.5. The minimum Gasteiger partial charge on any atom is -0.488 e. The Hall–Kier alpha value is -2.44. The molecule has 0 heterocycles. The minimum atomic E-state index is -0.176. The van der Waals surface area contributed by atoms with E-state index in [1.54, 1.807) is 0 Å². The predicted molar refractivity (Wildman–Crippen MR) is 129 cm³/mol. The number of hydrogen-bond acceptors (Lipinski definition) is 7. The van der Waals surface area contributed by atoms with Gasteiger partial charge < -0.3 is 24.8 Å². The van der Waals surface area contributed by atoms with Gasteiger partial charge in [0.15, 0.2) is 0 Å². The molecule has 0 amide bonds. The number of carbonyl (C=O) groups excluding carboxylic acids is 2. The van der Waals surface area contributed by atoms with Gasteiger partial charge in [-0.1, -0.05) is 27.7 Å². The first-order chi connectivity index (χ1) is 15.4. The maximum absolute atomic E-state index is 11.9. The first-order valence-corrected chi connectivity index (χ1v) is 12.1. The lowest BCUT2D eigenvalue weighted by molar-refractivity contribution is -0.144. The highest BCUT2D eigenvalue weighted by Gasteiger charge is 2.14. The van der Waals surface area contributed by atoms with Gasteiger partial charge in [-0.3, -0.25) is 9.59 Å². The van der Waals surface area contributed by atoms with E-state index in [9.17, 15) is 9.59 Å². The van der Waals surface area contributed by atoms with Crippen LogP contribution in [0.3, 0.4) is 0 Å². The summed E-state index contributed by atoms with van der Waals surface area (Å²) in [5.74, 6) is 0.320. The van der Waals surface area contributed by atoms with Crippen molar-refractivity contribution < 1.29 is 23.8 Å². The number of benzene rings is 1. The second-order valence-corrected chi connectivity index (χ2v) is 7.91. The first-order valence-electron chi connectivity index (χ1n) is 12.1. The van der Waals surface area contributed by atoms with Gasteiger partial charge in [-0.25, -0.2) is 0 Å². The SMILES string of the molecule is CCCOC(=O)CCCN(CCCC(=O)OCCC)c1ccc(N)c(OC(CC)CC)c1. The number of nitrogen functional groups attached to an aromatic ring is 1. The van der Waals surface area contributed by atoms with Gasteiger partial charge in [-0.15, -0.1) is 0 Å². The monoisotopic (exact) mass is 450 g/mol. The van der Waals surface area contributed by atoms with Crippen LogP contribution in [0.5, 0.6) is 5.75 Å². The van der Waals surface area contributed by atoms with Crippen molar-refractivity contribution in [2.75, 3.05) is 36.9 Å². The van der Waals surface area contributed by atoms with E-state index in [-0.39, 0.29) is 18.0 Å². The molecular weight excluding hydrogens is 408 g/mol. The molecule has 0 aliphatic heterocycles. The Labute approximate surface area is 193 Å². The summed E-state index contributed by atoms with van der Waals surface area (Å²) >= 11 is 0. The normalized spacial score (nSPS) is 10.8. The van der Waals surface area contributed by atoms with E-state index in [1.165, 1.54) is 0 Å². The molecule has 0 aromatic heterocycles. The Morgan fingerprint density at radius 3 is 1.91 bits per heavy atom. The molecule has 0 atom stereocenters. The molecule has 0 radical (unpaired) electrons. The lowest BCUT2D eigenvalue weighted by atomic mass is 10.2. The molecule has 0 unspecified atom stereocenters. The molecule has 0 bridgehead atoms. The minimum absolute atomic E-state index is 0.114. The number of nitrogens with zero attached hydrogens (tertiary/aromatic N) is 1. The van der Waals surface area contributed by atoms with Crippen molar-refractivity contribution >= 4 is 23.3 Å². The Bertz CT molecular complexity index is 650. The van der Waals surface area contributed by atoms with Crippen LogP contribution >= 0.6 is 0 Å². The number of anilines is 2. The highest BCUT2D eigenvalue weighted by Crippen LogP contribution is 2.30. The summed E-state index contributed by atoms with van der Waals surface area (Å²) in [4.78, 5) is 25.9. The average Bonchev–Trinajstić information content (AvgIpc) is 2.79. The molecule has 0 fully saturated rings. The van der Waals surface area contributed by atoms with E-state index in [1.807, 2.05) is 32.0 Å². The maximum atomic E-state index is 11.9. The Balaban J connectivity index is 2.83. The number of rotatable bonds is 17. The van der Waals surface area contributed by atoms with Gasteiger partial charge in [0, 0.05) is 37.7 Å². The van der Waals surface area contributed by atoms with Crippen LogP contribution in [0, 0.1) is 0 Å². The molecule has 1 rings (SSSR count). The van der Waals surface area contributed by atoms with Crippen molar-refractivity contribution in [3.8, 4) is 5.75 Å². The summed E-state index contributed by atoms with van der Waals surface area (Å²) in [5, 5.41) is 0. The van der Waals surface area contributed by atoms with Gasteiger partial charge >= 0.3 is 11.9 Å². The quantitative estimate of drug-likeness (QED) is 0.260. The van der Waals surface area contributed by atoms with E-state index in [0.717, 1.165) is 31.4 Å². The Kier molecular flexibility index (Phi) is 14.0. The van der Waals surface area contributed by atoms with Crippen LogP contribution in [0.25, 0.3) is 0 Å². The molecular formula is C25H42N2O5. The second kappa shape index (κ2) is 16.2. The molecule has 1 aromatic carbocycles. The van der Waals surface area contributed by atoms with E-state index in [4.69, 9.17) is 19.9 Å². The highest BCUT2D eigenvalue weighted by molar-refractivity contribution is 5.70. The zero-order valence-electron chi connectivity index (χ0n) is 20.4. The summed E-state index contributed by atoms with van der Waals surface area (Å²) in [6.07, 6.45) is 5.61. The summed E-state index contributed by atoms with van der Waals surface area (Å²) in [6.45, 7) is 10.4. The molecule has 2 N–H and O–H groups in total. The van der Waals surface area contributed by atoms with E-state index in [2.05, 4.69) is 18.7 Å². The van der Waals surface area contributed by atoms with Crippen molar-refractivity contribution in [1.82, 2.24) is 0 Å². The molecule has 1 aromatic rings. The average molecular weight is 451 g/mol. The summed E-state index contributed by atoms with van der Waals surface area (Å²) < 4.78 is 16.5. The van der Waals surface area contributed by atoms with Crippen LogP contribution in [-0.2, 0) is 19.1 Å². The van der Waals surface area contributed by atoms with Gasteiger partial charge in [-0.05, 0) is 50.7 Å². The predicted octanol–water partition coefficient (Wildman–Crippen LogP) is 5.11. The van der Waals surface area contributed by atoms with Gasteiger partial charge in [-0.2, -0.15) is 0 Å². The van der Waals surface area contributed by atoms with Crippen molar-refractivity contribution in [1.29, 1.82) is 0 Å². The van der Waals surface area contributed by atoms with Crippen molar-refractivity contribution in [2.24, 2.45) is 0 Å². The molecule has 7 nitrogen and oxygen atoms in total. The number of ether oxygens (including phenoxy) is 3. The topological polar surface area (TPSA) is 91.1 Å². The van der Waals surface area contributed by atoms with Crippen LogP contribution in [0.4, 0.5) is 11.4 Å². The van der Waals surface area contributed by atoms with Crippen molar-refractivity contribution in [2.45, 2.75) is 85.2 Å². The third kappa shape index (κ3) is 10.7. The largest absolute Gasteiger partial charge is 0.488 e. The zero-order valence-corrected chi connectivity index (χ0v) is 20.4. The maximum Gasteiger partial charge on any atom is 0.305 e. The van der Waals surface area contributed by atoms with Crippen molar-refractivity contribution in [3.05, 3.63) is 18.2 Å². The molecule has 0 saturated carbocycles. The third-order valence-electron chi connectivity index (χ3n) is 5.12. The molecule has 0 spiro atoms. The second-order valence-electron chi connectivity index (χ2n) is 7.91. The van der Waals surface area contributed by atoms with E-state index in [0.29, 0.717) is 63.4 Å². The van der Waals surface area contributed by atoms with E-state index >= 15 is 0 Å². The van der Waals surface area contributed by atoms with Crippen LogP contribution in [0.15, 0.2) is 18.2 Å². The number of esters is 2. The van der Waals surface area contributed by atoms with Crippen molar-refractivity contribution in [3.63, 3.8) is 0 Å². The lowest BCUT2D eigenvalue weighted by Crippen LogP contribution is -2.27. The van der Waals surface area contributed by atoms with Gasteiger partial charge in [0.2, 0.25) is 0 Å². The van der Waals surface area contributed by atoms with Gasteiger partial charge in [0.1, 0.15) is 5.75 Å². The van der Waals surface area contributed by atoms with Gasteiger partial charge in [0.25, 0.3) is 0 Å².